The topological polar surface area (TPSA) is 215 Å². The number of hydrogen-bond donors (Lipinski definition) is 6. The molecule has 0 aromatic carbocycles. The summed E-state index contributed by atoms with van der Waals surface area (Å²) < 4.78 is 51.9. The standard InChI is InChI=1S/C12H22O13S.Na/c13-1-5-7(16)8(17)9(18)12(23-5)24-10-4(15)3-22-11(10)6(2-14)25-26(19,20)21;/h4-18H,1-3H2,(H,19,20,21);/q;+1/p-1/t4-,5-,6+,7+,8+,9-,10+,11-,12+;/m1./s1. The van der Waals surface area contributed by atoms with Crippen LogP contribution in [0.5, 0.6) is 0 Å². The molecule has 15 heteroatoms. The van der Waals surface area contributed by atoms with Gasteiger partial charge < -0.3 is 49.4 Å². The van der Waals surface area contributed by atoms with Crippen molar-refractivity contribution in [1.29, 1.82) is 0 Å². The van der Waals surface area contributed by atoms with Crippen LogP contribution < -0.4 is 29.6 Å². The molecular weight excluding hydrogens is 407 g/mol. The first-order chi connectivity index (χ1) is 12.1. The van der Waals surface area contributed by atoms with Crippen LogP contribution in [-0.4, -0.2) is 119 Å². The molecule has 2 fully saturated rings. The molecule has 27 heavy (non-hydrogen) atoms. The predicted molar refractivity (Wildman–Crippen MR) is 76.0 cm³/mol. The van der Waals surface area contributed by atoms with E-state index in [9.17, 15) is 38.5 Å². The van der Waals surface area contributed by atoms with Gasteiger partial charge in [-0.25, -0.2) is 8.42 Å². The van der Waals surface area contributed by atoms with Gasteiger partial charge in [0, 0.05) is 0 Å². The number of aliphatic hydroxyl groups is 6. The zero-order valence-corrected chi connectivity index (χ0v) is 17.1. The summed E-state index contributed by atoms with van der Waals surface area (Å²) in [5.41, 5.74) is 0. The van der Waals surface area contributed by atoms with Crippen molar-refractivity contribution in [3.05, 3.63) is 0 Å². The van der Waals surface area contributed by atoms with Crippen LogP contribution in [0.1, 0.15) is 0 Å². The van der Waals surface area contributed by atoms with E-state index >= 15 is 0 Å². The smallest absolute Gasteiger partial charge is 0.726 e. The summed E-state index contributed by atoms with van der Waals surface area (Å²) in [6, 6.07) is 0. The molecule has 2 heterocycles. The predicted octanol–water partition coefficient (Wildman–Crippen LogP) is -8.23. The van der Waals surface area contributed by atoms with Gasteiger partial charge in [-0.2, -0.15) is 0 Å². The van der Waals surface area contributed by atoms with E-state index in [4.69, 9.17) is 19.3 Å². The Morgan fingerprint density at radius 1 is 1.11 bits per heavy atom. The number of rotatable bonds is 7. The van der Waals surface area contributed by atoms with Crippen LogP contribution in [0.15, 0.2) is 0 Å². The van der Waals surface area contributed by atoms with Crippen LogP contribution in [0, 0.1) is 0 Å². The molecular formula is C12H21NaO13S. The van der Waals surface area contributed by atoms with Gasteiger partial charge in [-0.15, -0.1) is 0 Å². The summed E-state index contributed by atoms with van der Waals surface area (Å²) in [6.07, 6.45) is -14.0. The molecule has 0 saturated carbocycles. The molecule has 0 bridgehead atoms. The Kier molecular flexibility index (Phi) is 9.95. The van der Waals surface area contributed by atoms with Gasteiger partial charge >= 0.3 is 29.6 Å². The van der Waals surface area contributed by atoms with E-state index in [0.717, 1.165) is 0 Å². The number of hydrogen-bond acceptors (Lipinski definition) is 13. The summed E-state index contributed by atoms with van der Waals surface area (Å²) >= 11 is 0. The molecule has 2 saturated heterocycles. The van der Waals surface area contributed by atoms with Gasteiger partial charge in [-0.05, 0) is 0 Å². The second kappa shape index (κ2) is 10.5. The molecule has 2 aliphatic heterocycles. The first-order valence-corrected chi connectivity index (χ1v) is 8.93. The van der Waals surface area contributed by atoms with E-state index in [2.05, 4.69) is 4.18 Å². The third-order valence-electron chi connectivity index (χ3n) is 4.09. The van der Waals surface area contributed by atoms with Gasteiger partial charge in [0.2, 0.25) is 10.4 Å². The van der Waals surface area contributed by atoms with E-state index < -0.39 is 78.7 Å². The largest absolute Gasteiger partial charge is 1.00 e. The zero-order chi connectivity index (χ0) is 19.6. The fourth-order valence-electron chi connectivity index (χ4n) is 2.78. The molecule has 0 radical (unpaired) electrons. The van der Waals surface area contributed by atoms with Crippen LogP contribution in [0.25, 0.3) is 0 Å². The fraction of sp³-hybridized carbons (Fsp3) is 1.00. The van der Waals surface area contributed by atoms with Crippen molar-refractivity contribution in [2.24, 2.45) is 0 Å². The van der Waals surface area contributed by atoms with Crippen molar-refractivity contribution < 1.29 is 91.6 Å². The van der Waals surface area contributed by atoms with Gasteiger partial charge in [0.05, 0.1) is 19.8 Å². The molecule has 0 aromatic heterocycles. The SMILES string of the molecule is O=S(=O)([O-])O[C@@H](CO)[C@H]1OC[C@@H](O)[C@@H]1O[C@@H]1O[C@H](CO)[C@H](O)[C@H](O)[C@H]1O.[Na+]. The summed E-state index contributed by atoms with van der Waals surface area (Å²) in [7, 11) is -5.20. The number of aliphatic hydroxyl groups excluding tert-OH is 6. The average molecular weight is 428 g/mol. The van der Waals surface area contributed by atoms with Gasteiger partial charge in [-0.3, -0.25) is 4.18 Å². The molecule has 154 valence electrons. The minimum atomic E-state index is -5.20. The Hall–Kier alpha value is 0.510. The van der Waals surface area contributed by atoms with E-state index in [1.807, 2.05) is 0 Å². The average Bonchev–Trinajstić information content (AvgIpc) is 2.93. The quantitative estimate of drug-likeness (QED) is 0.126. The van der Waals surface area contributed by atoms with Crippen LogP contribution in [-0.2, 0) is 28.8 Å². The molecule has 0 aliphatic carbocycles. The van der Waals surface area contributed by atoms with Gasteiger partial charge in [-0.1, -0.05) is 0 Å². The Morgan fingerprint density at radius 2 is 1.74 bits per heavy atom. The van der Waals surface area contributed by atoms with Gasteiger partial charge in [0.25, 0.3) is 0 Å². The minimum absolute atomic E-state index is 0. The Bertz CT molecular complexity index is 559. The van der Waals surface area contributed by atoms with E-state index in [1.165, 1.54) is 0 Å². The summed E-state index contributed by atoms with van der Waals surface area (Å²) in [6.45, 7) is -2.05. The third kappa shape index (κ3) is 6.24. The molecule has 0 unspecified atom stereocenters. The normalized spacial score (nSPS) is 41.1. The molecule has 0 aromatic rings. The maximum Gasteiger partial charge on any atom is 1.00 e. The van der Waals surface area contributed by atoms with Crippen molar-refractivity contribution in [3.63, 3.8) is 0 Å². The van der Waals surface area contributed by atoms with Crippen LogP contribution >= 0.6 is 0 Å². The molecule has 2 rings (SSSR count). The molecule has 0 spiro atoms. The Morgan fingerprint density at radius 3 is 2.26 bits per heavy atom. The summed E-state index contributed by atoms with van der Waals surface area (Å²) in [5, 5.41) is 57.7. The minimum Gasteiger partial charge on any atom is -0.726 e. The second-order valence-electron chi connectivity index (χ2n) is 5.89. The van der Waals surface area contributed by atoms with Crippen LogP contribution in [0.4, 0.5) is 0 Å². The summed E-state index contributed by atoms with van der Waals surface area (Å²) in [5.74, 6) is 0. The van der Waals surface area contributed by atoms with E-state index in [-0.39, 0.29) is 36.2 Å². The van der Waals surface area contributed by atoms with Gasteiger partial charge in [0.15, 0.2) is 6.29 Å². The van der Waals surface area contributed by atoms with Crippen LogP contribution in [0.3, 0.4) is 0 Å². The summed E-state index contributed by atoms with van der Waals surface area (Å²) in [4.78, 5) is 0. The molecule has 9 atom stereocenters. The first-order valence-electron chi connectivity index (χ1n) is 7.59. The molecule has 2 aliphatic rings. The van der Waals surface area contributed by atoms with Crippen molar-refractivity contribution in [2.75, 3.05) is 19.8 Å². The fourth-order valence-corrected chi connectivity index (χ4v) is 3.25. The monoisotopic (exact) mass is 428 g/mol. The molecule has 6 N–H and O–H groups in total. The van der Waals surface area contributed by atoms with Crippen molar-refractivity contribution in [3.8, 4) is 0 Å². The van der Waals surface area contributed by atoms with Crippen molar-refractivity contribution in [2.45, 2.75) is 55.1 Å². The van der Waals surface area contributed by atoms with E-state index in [1.54, 1.807) is 0 Å². The maximum atomic E-state index is 10.7. The first kappa shape index (κ1) is 25.5. The molecule has 13 nitrogen and oxygen atoms in total. The third-order valence-corrected chi connectivity index (χ3v) is 4.57. The van der Waals surface area contributed by atoms with E-state index in [0.29, 0.717) is 0 Å². The Balaban J connectivity index is 0.00000364. The number of ether oxygens (including phenoxy) is 3. The second-order valence-corrected chi connectivity index (χ2v) is 6.90. The maximum absolute atomic E-state index is 10.7. The van der Waals surface area contributed by atoms with Crippen LogP contribution in [0.2, 0.25) is 0 Å². The zero-order valence-electron chi connectivity index (χ0n) is 14.3. The van der Waals surface area contributed by atoms with Gasteiger partial charge in [0.1, 0.15) is 48.8 Å². The van der Waals surface area contributed by atoms with Crippen molar-refractivity contribution in [1.82, 2.24) is 0 Å². The van der Waals surface area contributed by atoms with Crippen molar-refractivity contribution >= 4 is 10.4 Å². The molecule has 0 amide bonds. The Labute approximate surface area is 176 Å².